The lowest BCUT2D eigenvalue weighted by atomic mass is 10.0. The van der Waals surface area contributed by atoms with Crippen LogP contribution in [0.5, 0.6) is 5.75 Å². The first-order valence-corrected chi connectivity index (χ1v) is 20.1. The van der Waals surface area contributed by atoms with E-state index < -0.39 is 17.3 Å². The van der Waals surface area contributed by atoms with E-state index in [-0.39, 0.29) is 42.6 Å². The molecular formula is C44H49N5O6S. The topological polar surface area (TPSA) is 128 Å². The van der Waals surface area contributed by atoms with E-state index in [0.717, 1.165) is 22.4 Å². The molecule has 3 unspecified atom stereocenters. The van der Waals surface area contributed by atoms with Crippen LogP contribution >= 0.6 is 11.8 Å². The predicted octanol–water partition coefficient (Wildman–Crippen LogP) is 4.95. The lowest BCUT2D eigenvalue weighted by Crippen LogP contribution is -2.57. The molecule has 2 aliphatic rings. The molecule has 0 aliphatic carbocycles. The number of hydrogen-bond acceptors (Lipinski definition) is 8. The van der Waals surface area contributed by atoms with Crippen molar-refractivity contribution in [2.75, 3.05) is 40.3 Å². The van der Waals surface area contributed by atoms with Gasteiger partial charge in [-0.25, -0.2) is 0 Å². The van der Waals surface area contributed by atoms with Gasteiger partial charge in [0.2, 0.25) is 17.7 Å². The number of ether oxygens (including phenoxy) is 1. The van der Waals surface area contributed by atoms with Crippen LogP contribution in [0.2, 0.25) is 0 Å². The van der Waals surface area contributed by atoms with Crippen LogP contribution in [0.3, 0.4) is 0 Å². The first kappa shape index (κ1) is 40.2. The molecule has 4 aromatic carbocycles. The van der Waals surface area contributed by atoms with E-state index in [1.165, 1.54) is 16.7 Å². The second-order valence-corrected chi connectivity index (χ2v) is 15.3. The van der Waals surface area contributed by atoms with Gasteiger partial charge >= 0.3 is 0 Å². The maximum atomic E-state index is 14.6. The monoisotopic (exact) mass is 775 g/mol. The Hall–Kier alpha value is -5.46. The Morgan fingerprint density at radius 3 is 2.02 bits per heavy atom. The maximum Gasteiger partial charge on any atom is 0.261 e. The van der Waals surface area contributed by atoms with Crippen molar-refractivity contribution >= 4 is 41.3 Å². The van der Waals surface area contributed by atoms with Crippen LogP contribution in [0.25, 0.3) is 0 Å². The molecule has 0 saturated carbocycles. The number of likely N-dealkylation sites (N-methyl/N-ethyl adjacent to an activating group) is 1. The molecule has 2 N–H and O–H groups in total. The van der Waals surface area contributed by atoms with Crippen LogP contribution in [-0.2, 0) is 33.1 Å². The molecule has 292 valence electrons. The van der Waals surface area contributed by atoms with Crippen LogP contribution in [-0.4, -0.2) is 102 Å². The molecule has 0 spiro atoms. The summed E-state index contributed by atoms with van der Waals surface area (Å²) in [6, 6.07) is 32.4. The van der Waals surface area contributed by atoms with Crippen LogP contribution in [0.15, 0.2) is 109 Å². The van der Waals surface area contributed by atoms with Gasteiger partial charge in [-0.1, -0.05) is 91.3 Å². The number of methoxy groups -OCH3 is 1. The fourth-order valence-electron chi connectivity index (χ4n) is 7.25. The SMILES string of the molecule is CNC(=O)C(Cc1ccccc1)N1CCN(Cc2ccccc2)CC(NC(=O)C(CCCCN2C(=O)c3ccccc3C2=O)SCc2ccc(OC)cc2)C1=O. The highest BCUT2D eigenvalue weighted by Gasteiger charge is 2.39. The Labute approximate surface area is 332 Å². The fraction of sp³-hybridized carbons (Fsp3) is 0.341. The minimum atomic E-state index is -0.904. The van der Waals surface area contributed by atoms with Crippen LogP contribution < -0.4 is 15.4 Å². The maximum absolute atomic E-state index is 14.6. The molecule has 0 aromatic heterocycles. The number of benzene rings is 4. The van der Waals surface area contributed by atoms with Gasteiger partial charge in [-0.2, -0.15) is 0 Å². The van der Waals surface area contributed by atoms with Gasteiger partial charge in [0.15, 0.2) is 0 Å². The van der Waals surface area contributed by atoms with Crippen molar-refractivity contribution in [1.82, 2.24) is 25.3 Å². The standard InChI is InChI=1S/C44H49N5O6S/c1-45-40(50)38(27-31-13-5-3-6-14-31)48-26-25-47(28-32-15-7-4-8-16-32)29-37(44(48)54)46-41(51)39(56-30-33-20-22-34(55-2)23-21-33)19-11-12-24-49-42(52)35-17-9-10-18-36(35)43(49)53/h3-10,13-18,20-23,37-39H,11-12,19,24-30H2,1-2H3,(H,45,50)(H,46,51). The number of nitrogens with one attached hydrogen (secondary N) is 2. The minimum absolute atomic E-state index is 0.247. The summed E-state index contributed by atoms with van der Waals surface area (Å²) >= 11 is 1.48. The summed E-state index contributed by atoms with van der Waals surface area (Å²) in [7, 11) is 3.18. The van der Waals surface area contributed by atoms with Crippen molar-refractivity contribution in [3.8, 4) is 5.75 Å². The minimum Gasteiger partial charge on any atom is -0.497 e. The quantitative estimate of drug-likeness (QED) is 0.114. The zero-order valence-corrected chi connectivity index (χ0v) is 32.7. The molecule has 5 amide bonds. The molecule has 12 heteroatoms. The van der Waals surface area contributed by atoms with Crippen molar-refractivity contribution in [2.24, 2.45) is 0 Å². The third-order valence-electron chi connectivity index (χ3n) is 10.3. The molecule has 0 bridgehead atoms. The Morgan fingerprint density at radius 1 is 0.768 bits per heavy atom. The molecule has 4 aromatic rings. The molecule has 2 aliphatic heterocycles. The highest BCUT2D eigenvalue weighted by Crippen LogP contribution is 2.27. The van der Waals surface area contributed by atoms with Crippen molar-refractivity contribution in [3.63, 3.8) is 0 Å². The first-order chi connectivity index (χ1) is 27.2. The number of carbonyl (C=O) groups excluding carboxylic acids is 5. The Kier molecular flexibility index (Phi) is 13.9. The van der Waals surface area contributed by atoms with Crippen molar-refractivity contribution in [1.29, 1.82) is 0 Å². The van der Waals surface area contributed by atoms with Gasteiger partial charge in [0.25, 0.3) is 11.8 Å². The summed E-state index contributed by atoms with van der Waals surface area (Å²) in [5.41, 5.74) is 3.85. The Morgan fingerprint density at radius 2 is 1.39 bits per heavy atom. The van der Waals surface area contributed by atoms with Crippen molar-refractivity contribution in [3.05, 3.63) is 137 Å². The second kappa shape index (κ2) is 19.4. The summed E-state index contributed by atoms with van der Waals surface area (Å²) < 4.78 is 5.32. The number of imide groups is 1. The summed E-state index contributed by atoms with van der Waals surface area (Å²) in [4.78, 5) is 73.4. The molecular weight excluding hydrogens is 727 g/mol. The van der Waals surface area contributed by atoms with Gasteiger partial charge in [0, 0.05) is 51.9 Å². The highest BCUT2D eigenvalue weighted by molar-refractivity contribution is 7.99. The number of nitrogens with zero attached hydrogens (tertiary/aromatic N) is 3. The molecule has 11 nitrogen and oxygen atoms in total. The third-order valence-corrected chi connectivity index (χ3v) is 11.7. The first-order valence-electron chi connectivity index (χ1n) is 19.1. The van der Waals surface area contributed by atoms with E-state index in [4.69, 9.17) is 4.74 Å². The smallest absolute Gasteiger partial charge is 0.261 e. The fourth-order valence-corrected chi connectivity index (χ4v) is 8.39. The summed E-state index contributed by atoms with van der Waals surface area (Å²) in [6.07, 6.45) is 1.89. The molecule has 56 heavy (non-hydrogen) atoms. The number of unbranched alkanes of at least 4 members (excludes halogenated alkanes) is 1. The predicted molar refractivity (Wildman–Crippen MR) is 217 cm³/mol. The number of amides is 5. The van der Waals surface area contributed by atoms with E-state index in [0.29, 0.717) is 62.2 Å². The normalized spacial score (nSPS) is 16.9. The Balaban J connectivity index is 1.20. The number of fused-ring (bicyclic) bond motifs is 1. The van der Waals surface area contributed by atoms with Gasteiger partial charge in [0.05, 0.1) is 23.5 Å². The van der Waals surface area contributed by atoms with Crippen molar-refractivity contribution < 1.29 is 28.7 Å². The summed E-state index contributed by atoms with van der Waals surface area (Å²) in [6.45, 7) is 1.93. The number of rotatable bonds is 17. The molecule has 0 radical (unpaired) electrons. The van der Waals surface area contributed by atoms with E-state index in [9.17, 15) is 24.0 Å². The Bertz CT molecular complexity index is 1940. The van der Waals surface area contributed by atoms with Crippen molar-refractivity contribution in [2.45, 2.75) is 55.3 Å². The molecule has 1 fully saturated rings. The van der Waals surface area contributed by atoms with Gasteiger partial charge in [-0.3, -0.25) is 33.8 Å². The molecule has 6 rings (SSSR count). The van der Waals surface area contributed by atoms with Crippen LogP contribution in [0.4, 0.5) is 0 Å². The third kappa shape index (κ3) is 10.0. The molecule has 1 saturated heterocycles. The molecule has 2 heterocycles. The summed E-state index contributed by atoms with van der Waals surface area (Å²) in [5.74, 6) is -0.164. The van der Waals surface area contributed by atoms with Crippen LogP contribution in [0, 0.1) is 0 Å². The second-order valence-electron chi connectivity index (χ2n) is 14.1. The molecule has 3 atom stereocenters. The van der Waals surface area contributed by atoms with Gasteiger partial charge in [-0.05, 0) is 53.8 Å². The largest absolute Gasteiger partial charge is 0.497 e. The van der Waals surface area contributed by atoms with Gasteiger partial charge < -0.3 is 20.3 Å². The zero-order chi connectivity index (χ0) is 39.4. The zero-order valence-electron chi connectivity index (χ0n) is 31.9. The van der Waals surface area contributed by atoms with Crippen LogP contribution in [0.1, 0.15) is 56.7 Å². The number of thioether (sulfide) groups is 1. The van der Waals surface area contributed by atoms with E-state index in [1.807, 2.05) is 84.9 Å². The van der Waals surface area contributed by atoms with E-state index in [1.54, 1.807) is 43.3 Å². The summed E-state index contributed by atoms with van der Waals surface area (Å²) in [5, 5.41) is 5.35. The average Bonchev–Trinajstić information content (AvgIpc) is 3.37. The average molecular weight is 776 g/mol. The van der Waals surface area contributed by atoms with E-state index >= 15 is 0 Å². The highest BCUT2D eigenvalue weighted by atomic mass is 32.2. The lowest BCUT2D eigenvalue weighted by Gasteiger charge is -2.32. The van der Waals surface area contributed by atoms with Gasteiger partial charge in [-0.15, -0.1) is 11.8 Å². The van der Waals surface area contributed by atoms with Gasteiger partial charge in [0.1, 0.15) is 17.8 Å². The number of hydrogen-bond donors (Lipinski definition) is 2. The lowest BCUT2D eigenvalue weighted by molar-refractivity contribution is -0.142. The number of carbonyl (C=O) groups is 5. The van der Waals surface area contributed by atoms with E-state index in [2.05, 4.69) is 15.5 Å².